The van der Waals surface area contributed by atoms with E-state index in [1.54, 1.807) is 31.3 Å². The van der Waals surface area contributed by atoms with Crippen molar-refractivity contribution in [2.75, 3.05) is 11.9 Å². The molecule has 0 aliphatic carbocycles. The second kappa shape index (κ2) is 7.93. The van der Waals surface area contributed by atoms with Crippen LogP contribution < -0.4 is 11.0 Å². The molecule has 0 atom stereocenters. The summed E-state index contributed by atoms with van der Waals surface area (Å²) in [6.45, 7) is 2.11. The van der Waals surface area contributed by atoms with Crippen molar-refractivity contribution in [3.05, 3.63) is 82.9 Å². The zero-order valence-corrected chi connectivity index (χ0v) is 15.7. The standard InChI is InChI=1S/C22H18N4O3/c1-2-29-21(27)16-8-3-6-14(12-16)15-7-4-9-17(13-15)24-20-18-10-5-11-23-19(18)25-22(28)26-20/h3-13H,2H2,1H3,(H2,23,24,25,26,28). The van der Waals surface area contributed by atoms with Gasteiger partial charge in [-0.15, -0.1) is 0 Å². The third-order valence-corrected chi connectivity index (χ3v) is 4.33. The van der Waals surface area contributed by atoms with E-state index >= 15 is 0 Å². The number of hydrogen-bond donors (Lipinski definition) is 2. The molecule has 2 aromatic heterocycles. The maximum Gasteiger partial charge on any atom is 0.348 e. The number of fused-ring (bicyclic) bond motifs is 1. The van der Waals surface area contributed by atoms with Gasteiger partial charge in [0.15, 0.2) is 5.65 Å². The van der Waals surface area contributed by atoms with Crippen molar-refractivity contribution in [2.45, 2.75) is 6.92 Å². The molecule has 0 saturated carbocycles. The molecule has 2 aromatic carbocycles. The van der Waals surface area contributed by atoms with Crippen LogP contribution in [0.15, 0.2) is 71.7 Å². The highest BCUT2D eigenvalue weighted by molar-refractivity contribution is 5.91. The SMILES string of the molecule is CCOC(=O)c1cccc(-c2cccc(Nc3[nH]c(=O)nc4ncccc34)c2)c1. The smallest absolute Gasteiger partial charge is 0.348 e. The van der Waals surface area contributed by atoms with Gasteiger partial charge in [-0.05, 0) is 54.4 Å². The Morgan fingerprint density at radius 1 is 1.07 bits per heavy atom. The van der Waals surface area contributed by atoms with Gasteiger partial charge >= 0.3 is 11.7 Å². The average Bonchev–Trinajstić information content (AvgIpc) is 2.74. The predicted molar refractivity (Wildman–Crippen MR) is 111 cm³/mol. The first-order valence-corrected chi connectivity index (χ1v) is 9.14. The number of nitrogens with one attached hydrogen (secondary N) is 2. The number of aromatic amines is 1. The molecule has 2 heterocycles. The van der Waals surface area contributed by atoms with Gasteiger partial charge < -0.3 is 10.1 Å². The van der Waals surface area contributed by atoms with Crippen molar-refractivity contribution in [2.24, 2.45) is 0 Å². The molecule has 0 bridgehead atoms. The Hall–Kier alpha value is -4.00. The maximum absolute atomic E-state index is 12.0. The Labute approximate surface area is 166 Å². The van der Waals surface area contributed by atoms with Crippen LogP contribution in [-0.2, 0) is 4.74 Å². The molecule has 0 aliphatic heterocycles. The topological polar surface area (TPSA) is 97.0 Å². The highest BCUT2D eigenvalue weighted by Gasteiger charge is 2.09. The Kier molecular flexibility index (Phi) is 5.03. The summed E-state index contributed by atoms with van der Waals surface area (Å²) in [5, 5.41) is 3.94. The van der Waals surface area contributed by atoms with Crippen molar-refractivity contribution in [3.63, 3.8) is 0 Å². The van der Waals surface area contributed by atoms with E-state index in [1.807, 2.05) is 42.5 Å². The number of H-pyrrole nitrogens is 1. The minimum absolute atomic E-state index is 0.329. The molecular formula is C22H18N4O3. The van der Waals surface area contributed by atoms with E-state index in [4.69, 9.17) is 4.74 Å². The molecule has 7 heteroatoms. The molecule has 0 amide bonds. The largest absolute Gasteiger partial charge is 0.462 e. The Morgan fingerprint density at radius 2 is 1.86 bits per heavy atom. The fourth-order valence-corrected chi connectivity index (χ4v) is 3.04. The first-order chi connectivity index (χ1) is 14.1. The second-order valence-electron chi connectivity index (χ2n) is 6.30. The van der Waals surface area contributed by atoms with E-state index in [9.17, 15) is 9.59 Å². The molecule has 0 fully saturated rings. The van der Waals surface area contributed by atoms with Gasteiger partial charge in [0.05, 0.1) is 17.6 Å². The van der Waals surface area contributed by atoms with Gasteiger partial charge in [-0.3, -0.25) is 4.98 Å². The summed E-state index contributed by atoms with van der Waals surface area (Å²) in [6.07, 6.45) is 1.59. The summed E-state index contributed by atoms with van der Waals surface area (Å²) in [4.78, 5) is 34.6. The second-order valence-corrected chi connectivity index (χ2v) is 6.30. The van der Waals surface area contributed by atoms with Gasteiger partial charge in [-0.1, -0.05) is 24.3 Å². The first-order valence-electron chi connectivity index (χ1n) is 9.14. The highest BCUT2D eigenvalue weighted by atomic mass is 16.5. The fraction of sp³-hybridized carbons (Fsp3) is 0.0909. The van der Waals surface area contributed by atoms with Crippen LogP contribution in [0.25, 0.3) is 22.2 Å². The number of hydrogen-bond acceptors (Lipinski definition) is 6. The van der Waals surface area contributed by atoms with Crippen LogP contribution in [0.1, 0.15) is 17.3 Å². The van der Waals surface area contributed by atoms with Crippen LogP contribution in [0.3, 0.4) is 0 Å². The normalized spacial score (nSPS) is 10.7. The minimum Gasteiger partial charge on any atom is -0.462 e. The molecule has 7 nitrogen and oxygen atoms in total. The molecule has 0 saturated heterocycles. The number of carbonyl (C=O) groups excluding carboxylic acids is 1. The third-order valence-electron chi connectivity index (χ3n) is 4.33. The van der Waals surface area contributed by atoms with E-state index in [2.05, 4.69) is 20.3 Å². The monoisotopic (exact) mass is 386 g/mol. The predicted octanol–water partition coefficient (Wildman–Crippen LogP) is 3.91. The van der Waals surface area contributed by atoms with Crippen LogP contribution in [0, 0.1) is 0 Å². The van der Waals surface area contributed by atoms with Crippen LogP contribution in [0.2, 0.25) is 0 Å². The zero-order chi connectivity index (χ0) is 20.2. The van der Waals surface area contributed by atoms with E-state index < -0.39 is 5.69 Å². The minimum atomic E-state index is -0.475. The fourth-order valence-electron chi connectivity index (χ4n) is 3.04. The Bertz CT molecular complexity index is 1250. The zero-order valence-electron chi connectivity index (χ0n) is 15.7. The van der Waals surface area contributed by atoms with Gasteiger partial charge in [-0.25, -0.2) is 14.6 Å². The number of pyridine rings is 1. The quantitative estimate of drug-likeness (QED) is 0.505. The third kappa shape index (κ3) is 3.98. The van der Waals surface area contributed by atoms with Crippen molar-refractivity contribution < 1.29 is 9.53 Å². The number of nitrogens with zero attached hydrogens (tertiary/aromatic N) is 2. The molecule has 144 valence electrons. The van der Waals surface area contributed by atoms with Gasteiger partial charge in [-0.2, -0.15) is 4.98 Å². The molecule has 0 spiro atoms. The highest BCUT2D eigenvalue weighted by Crippen LogP contribution is 2.26. The molecule has 2 N–H and O–H groups in total. The van der Waals surface area contributed by atoms with E-state index in [-0.39, 0.29) is 5.97 Å². The average molecular weight is 386 g/mol. The number of carbonyl (C=O) groups is 1. The lowest BCUT2D eigenvalue weighted by atomic mass is 10.0. The number of aromatic nitrogens is 3. The van der Waals surface area contributed by atoms with E-state index in [0.717, 1.165) is 16.8 Å². The summed E-state index contributed by atoms with van der Waals surface area (Å²) in [6, 6.07) is 18.6. The Morgan fingerprint density at radius 3 is 2.69 bits per heavy atom. The number of rotatable bonds is 5. The molecule has 0 radical (unpaired) electrons. The van der Waals surface area contributed by atoms with Crippen LogP contribution in [-0.4, -0.2) is 27.5 Å². The summed E-state index contributed by atoms with van der Waals surface area (Å²) in [5.74, 6) is 0.169. The van der Waals surface area contributed by atoms with Crippen LogP contribution in [0.5, 0.6) is 0 Å². The summed E-state index contributed by atoms with van der Waals surface area (Å²) < 4.78 is 5.08. The maximum atomic E-state index is 12.0. The summed E-state index contributed by atoms with van der Waals surface area (Å²) in [5.41, 5.74) is 2.97. The van der Waals surface area contributed by atoms with Gasteiger partial charge in [0.25, 0.3) is 0 Å². The molecule has 0 unspecified atom stereocenters. The number of esters is 1. The number of anilines is 2. The van der Waals surface area contributed by atoms with E-state index in [1.165, 1.54) is 0 Å². The molecular weight excluding hydrogens is 368 g/mol. The molecule has 4 aromatic rings. The van der Waals surface area contributed by atoms with Gasteiger partial charge in [0, 0.05) is 11.9 Å². The lowest BCUT2D eigenvalue weighted by Gasteiger charge is -2.11. The molecule has 29 heavy (non-hydrogen) atoms. The summed E-state index contributed by atoms with van der Waals surface area (Å²) in [7, 11) is 0. The lowest BCUT2D eigenvalue weighted by molar-refractivity contribution is 0.0526. The number of ether oxygens (including phenoxy) is 1. The van der Waals surface area contributed by atoms with Gasteiger partial charge in [0.1, 0.15) is 5.82 Å². The van der Waals surface area contributed by atoms with E-state index in [0.29, 0.717) is 29.0 Å². The lowest BCUT2D eigenvalue weighted by Crippen LogP contribution is -2.13. The Balaban J connectivity index is 1.68. The summed E-state index contributed by atoms with van der Waals surface area (Å²) >= 11 is 0. The van der Waals surface area contributed by atoms with Crippen molar-refractivity contribution in [1.82, 2.24) is 15.0 Å². The molecule has 0 aliphatic rings. The molecule has 4 rings (SSSR count). The van der Waals surface area contributed by atoms with Gasteiger partial charge in [0.2, 0.25) is 0 Å². The van der Waals surface area contributed by atoms with Crippen molar-refractivity contribution in [1.29, 1.82) is 0 Å². The van der Waals surface area contributed by atoms with Crippen LogP contribution >= 0.6 is 0 Å². The number of benzene rings is 2. The van der Waals surface area contributed by atoms with Crippen molar-refractivity contribution >= 4 is 28.5 Å². The first kappa shape index (κ1) is 18.4. The van der Waals surface area contributed by atoms with Crippen molar-refractivity contribution in [3.8, 4) is 11.1 Å². The van der Waals surface area contributed by atoms with Crippen LogP contribution in [0.4, 0.5) is 11.5 Å².